The number of urea groups is 1. The zero-order valence-electron chi connectivity index (χ0n) is 13.4. The second-order valence-electron chi connectivity index (χ2n) is 5.26. The third kappa shape index (κ3) is 5.65. The van der Waals surface area contributed by atoms with Gasteiger partial charge in [0.25, 0.3) is 0 Å². The van der Waals surface area contributed by atoms with Gasteiger partial charge in [0.2, 0.25) is 10.0 Å². The molecular formula is C15H25N3O3S. The van der Waals surface area contributed by atoms with E-state index in [2.05, 4.69) is 17.6 Å². The van der Waals surface area contributed by atoms with Gasteiger partial charge in [-0.25, -0.2) is 17.5 Å². The van der Waals surface area contributed by atoms with Crippen LogP contribution in [0.25, 0.3) is 0 Å². The molecule has 0 radical (unpaired) electrons. The SMILES string of the molecule is CCCCCCNC(=O)Nc1cccc(S(=O)(=O)N(C)C)c1. The Morgan fingerprint density at radius 1 is 1.18 bits per heavy atom. The van der Waals surface area contributed by atoms with Crippen molar-refractivity contribution < 1.29 is 13.2 Å². The summed E-state index contributed by atoms with van der Waals surface area (Å²) in [6, 6.07) is 5.89. The van der Waals surface area contributed by atoms with Crippen LogP contribution in [-0.4, -0.2) is 39.4 Å². The molecule has 0 bridgehead atoms. The van der Waals surface area contributed by atoms with Crippen LogP contribution in [0.2, 0.25) is 0 Å². The Hall–Kier alpha value is -1.60. The average molecular weight is 327 g/mol. The monoisotopic (exact) mass is 327 g/mol. The van der Waals surface area contributed by atoms with Crippen molar-refractivity contribution in [1.82, 2.24) is 9.62 Å². The Balaban J connectivity index is 2.58. The fourth-order valence-electron chi connectivity index (χ4n) is 1.87. The largest absolute Gasteiger partial charge is 0.338 e. The summed E-state index contributed by atoms with van der Waals surface area (Å²) in [4.78, 5) is 11.9. The van der Waals surface area contributed by atoms with Crippen molar-refractivity contribution in [2.24, 2.45) is 0 Å². The molecule has 2 amide bonds. The summed E-state index contributed by atoms with van der Waals surface area (Å²) < 4.78 is 25.2. The highest BCUT2D eigenvalue weighted by Gasteiger charge is 2.17. The standard InChI is InChI=1S/C15H25N3O3S/c1-4-5-6-7-11-16-15(19)17-13-9-8-10-14(12-13)22(20,21)18(2)3/h8-10,12H,4-7,11H2,1-3H3,(H2,16,17,19). The summed E-state index contributed by atoms with van der Waals surface area (Å²) >= 11 is 0. The molecule has 0 aromatic heterocycles. The minimum Gasteiger partial charge on any atom is -0.338 e. The van der Waals surface area contributed by atoms with E-state index >= 15 is 0 Å². The van der Waals surface area contributed by atoms with E-state index in [4.69, 9.17) is 0 Å². The Kier molecular flexibility index (Phi) is 7.34. The van der Waals surface area contributed by atoms with Crippen molar-refractivity contribution in [3.05, 3.63) is 24.3 Å². The summed E-state index contributed by atoms with van der Waals surface area (Å²) in [5.74, 6) is 0. The lowest BCUT2D eigenvalue weighted by molar-refractivity contribution is 0.252. The zero-order chi connectivity index (χ0) is 16.6. The Morgan fingerprint density at radius 3 is 2.55 bits per heavy atom. The molecule has 2 N–H and O–H groups in total. The third-order valence-electron chi connectivity index (χ3n) is 3.19. The van der Waals surface area contributed by atoms with Crippen LogP contribution in [0.4, 0.5) is 10.5 Å². The molecule has 0 aliphatic rings. The molecule has 0 spiro atoms. The number of hydrogen-bond donors (Lipinski definition) is 2. The van der Waals surface area contributed by atoms with E-state index in [0.29, 0.717) is 12.2 Å². The van der Waals surface area contributed by atoms with Crippen LogP contribution >= 0.6 is 0 Å². The summed E-state index contributed by atoms with van der Waals surface area (Å²) in [6.07, 6.45) is 4.34. The van der Waals surface area contributed by atoms with E-state index in [9.17, 15) is 13.2 Å². The Morgan fingerprint density at radius 2 is 1.91 bits per heavy atom. The molecule has 22 heavy (non-hydrogen) atoms. The maximum Gasteiger partial charge on any atom is 0.319 e. The lowest BCUT2D eigenvalue weighted by atomic mass is 10.2. The summed E-state index contributed by atoms with van der Waals surface area (Å²) in [5.41, 5.74) is 0.453. The molecule has 0 aliphatic carbocycles. The first-order chi connectivity index (χ1) is 10.4. The number of hydrogen-bond acceptors (Lipinski definition) is 3. The predicted octanol–water partition coefficient (Wildman–Crippen LogP) is 2.64. The van der Waals surface area contributed by atoms with Crippen LogP contribution in [0.1, 0.15) is 32.6 Å². The van der Waals surface area contributed by atoms with Crippen molar-refractivity contribution in [3.63, 3.8) is 0 Å². The van der Waals surface area contributed by atoms with Crippen LogP contribution < -0.4 is 10.6 Å². The summed E-state index contributed by atoms with van der Waals surface area (Å²) in [5, 5.41) is 5.41. The lowest BCUT2D eigenvalue weighted by Gasteiger charge is -2.13. The van der Waals surface area contributed by atoms with Crippen LogP contribution in [0.5, 0.6) is 0 Å². The number of nitrogens with zero attached hydrogens (tertiary/aromatic N) is 1. The van der Waals surface area contributed by atoms with Gasteiger partial charge in [-0.1, -0.05) is 32.3 Å². The first-order valence-corrected chi connectivity index (χ1v) is 8.89. The Bertz CT molecular complexity index is 585. The molecule has 1 aromatic carbocycles. The van der Waals surface area contributed by atoms with Gasteiger partial charge in [-0.05, 0) is 24.6 Å². The Labute approximate surface area is 132 Å². The summed E-state index contributed by atoms with van der Waals surface area (Å²) in [6.45, 7) is 2.75. The minimum absolute atomic E-state index is 0.151. The molecule has 0 saturated heterocycles. The quantitative estimate of drug-likeness (QED) is 0.721. The topological polar surface area (TPSA) is 78.5 Å². The molecule has 7 heteroatoms. The van der Waals surface area contributed by atoms with Crippen molar-refractivity contribution >= 4 is 21.7 Å². The van der Waals surface area contributed by atoms with E-state index in [1.54, 1.807) is 12.1 Å². The van der Waals surface area contributed by atoms with Crippen LogP contribution in [-0.2, 0) is 10.0 Å². The fourth-order valence-corrected chi connectivity index (χ4v) is 2.82. The van der Waals surface area contributed by atoms with Crippen molar-refractivity contribution in [3.8, 4) is 0 Å². The lowest BCUT2D eigenvalue weighted by Crippen LogP contribution is -2.29. The van der Waals surface area contributed by atoms with Gasteiger partial charge in [0.1, 0.15) is 0 Å². The summed E-state index contributed by atoms with van der Waals surface area (Å²) in [7, 11) is -0.559. The molecule has 0 heterocycles. The fraction of sp³-hybridized carbons (Fsp3) is 0.533. The van der Waals surface area contributed by atoms with Crippen LogP contribution in [0.3, 0.4) is 0 Å². The number of sulfonamides is 1. The smallest absolute Gasteiger partial charge is 0.319 e. The van der Waals surface area contributed by atoms with Gasteiger partial charge in [0, 0.05) is 26.3 Å². The van der Waals surface area contributed by atoms with E-state index in [1.807, 2.05) is 0 Å². The van der Waals surface area contributed by atoms with Crippen molar-refractivity contribution in [2.75, 3.05) is 26.0 Å². The molecule has 0 saturated carbocycles. The van der Waals surface area contributed by atoms with Gasteiger partial charge in [-0.3, -0.25) is 0 Å². The van der Waals surface area contributed by atoms with Crippen LogP contribution in [0.15, 0.2) is 29.2 Å². The number of carbonyl (C=O) groups is 1. The van der Waals surface area contributed by atoms with Gasteiger partial charge in [0.15, 0.2) is 0 Å². The number of unbranched alkanes of at least 4 members (excludes halogenated alkanes) is 3. The van der Waals surface area contributed by atoms with E-state index in [-0.39, 0.29) is 10.9 Å². The first kappa shape index (κ1) is 18.4. The van der Waals surface area contributed by atoms with Crippen molar-refractivity contribution in [2.45, 2.75) is 37.5 Å². The maximum atomic E-state index is 12.0. The molecule has 0 unspecified atom stereocenters. The number of nitrogens with one attached hydrogen (secondary N) is 2. The molecule has 124 valence electrons. The number of carbonyl (C=O) groups excluding carboxylic acids is 1. The van der Waals surface area contributed by atoms with E-state index in [0.717, 1.165) is 30.0 Å². The molecular weight excluding hydrogens is 302 g/mol. The molecule has 1 rings (SSSR count). The second-order valence-corrected chi connectivity index (χ2v) is 7.41. The number of amides is 2. The van der Waals surface area contributed by atoms with Gasteiger partial charge in [0.05, 0.1) is 4.90 Å². The normalized spacial score (nSPS) is 11.5. The predicted molar refractivity (Wildman–Crippen MR) is 88.5 cm³/mol. The molecule has 0 atom stereocenters. The van der Waals surface area contributed by atoms with Gasteiger partial charge in [-0.2, -0.15) is 0 Å². The minimum atomic E-state index is -3.50. The maximum absolute atomic E-state index is 12.0. The average Bonchev–Trinajstić information content (AvgIpc) is 2.47. The van der Waals surface area contributed by atoms with E-state index in [1.165, 1.54) is 26.2 Å². The van der Waals surface area contributed by atoms with Gasteiger partial charge < -0.3 is 10.6 Å². The second kappa shape index (κ2) is 8.75. The molecule has 0 aliphatic heterocycles. The van der Waals surface area contributed by atoms with Crippen LogP contribution in [0, 0.1) is 0 Å². The third-order valence-corrected chi connectivity index (χ3v) is 5.00. The highest BCUT2D eigenvalue weighted by Crippen LogP contribution is 2.17. The van der Waals surface area contributed by atoms with Gasteiger partial charge >= 0.3 is 6.03 Å². The molecule has 1 aromatic rings. The number of benzene rings is 1. The first-order valence-electron chi connectivity index (χ1n) is 7.45. The molecule has 6 nitrogen and oxygen atoms in total. The van der Waals surface area contributed by atoms with E-state index < -0.39 is 10.0 Å². The zero-order valence-corrected chi connectivity index (χ0v) is 14.2. The molecule has 0 fully saturated rings. The highest BCUT2D eigenvalue weighted by molar-refractivity contribution is 7.89. The highest BCUT2D eigenvalue weighted by atomic mass is 32.2. The van der Waals surface area contributed by atoms with Crippen molar-refractivity contribution in [1.29, 1.82) is 0 Å². The number of rotatable bonds is 8. The van der Waals surface area contributed by atoms with Gasteiger partial charge in [-0.15, -0.1) is 0 Å². The number of anilines is 1.